The standard InChI is InChI=1S/C15H25ClN2/c1-11(2)6-7-12(3)17-13-8-9-15(18(4)5)14(16)10-13/h8-12,17H,6-7H2,1-5H3. The molecular weight excluding hydrogens is 244 g/mol. The fraction of sp³-hybridized carbons (Fsp3) is 0.600. The van der Waals surface area contributed by atoms with Gasteiger partial charge in [0, 0.05) is 25.8 Å². The lowest BCUT2D eigenvalue weighted by atomic mass is 10.0. The lowest BCUT2D eigenvalue weighted by molar-refractivity contribution is 0.528. The number of nitrogens with one attached hydrogen (secondary N) is 1. The number of rotatable bonds is 6. The van der Waals surface area contributed by atoms with Crippen LogP contribution in [0.3, 0.4) is 0 Å². The average molecular weight is 269 g/mol. The first kappa shape index (κ1) is 15.2. The Balaban J connectivity index is 2.60. The number of anilines is 2. The molecule has 0 aliphatic carbocycles. The lowest BCUT2D eigenvalue weighted by Crippen LogP contribution is -2.16. The average Bonchev–Trinajstić information content (AvgIpc) is 2.26. The van der Waals surface area contributed by atoms with Crippen LogP contribution in [0.4, 0.5) is 11.4 Å². The molecule has 18 heavy (non-hydrogen) atoms. The molecule has 0 bridgehead atoms. The van der Waals surface area contributed by atoms with E-state index in [4.69, 9.17) is 11.6 Å². The second kappa shape index (κ2) is 6.89. The number of hydrogen-bond donors (Lipinski definition) is 1. The largest absolute Gasteiger partial charge is 0.383 e. The molecule has 3 heteroatoms. The second-order valence-electron chi connectivity index (χ2n) is 5.58. The summed E-state index contributed by atoms with van der Waals surface area (Å²) < 4.78 is 0. The first-order valence-corrected chi connectivity index (χ1v) is 7.01. The van der Waals surface area contributed by atoms with Crippen LogP contribution in [0.5, 0.6) is 0 Å². The van der Waals surface area contributed by atoms with Crippen LogP contribution in [-0.2, 0) is 0 Å². The minimum Gasteiger partial charge on any atom is -0.383 e. The van der Waals surface area contributed by atoms with Crippen molar-refractivity contribution in [3.63, 3.8) is 0 Å². The van der Waals surface area contributed by atoms with Gasteiger partial charge in [-0.1, -0.05) is 25.4 Å². The summed E-state index contributed by atoms with van der Waals surface area (Å²) in [5.74, 6) is 0.758. The van der Waals surface area contributed by atoms with E-state index in [0.717, 1.165) is 22.3 Å². The molecule has 1 N–H and O–H groups in total. The van der Waals surface area contributed by atoms with Crippen LogP contribution in [0.25, 0.3) is 0 Å². The van der Waals surface area contributed by atoms with Gasteiger partial charge in [0.25, 0.3) is 0 Å². The normalized spacial score (nSPS) is 12.6. The maximum absolute atomic E-state index is 6.25. The Hall–Kier alpha value is -0.890. The summed E-state index contributed by atoms with van der Waals surface area (Å²) >= 11 is 6.25. The van der Waals surface area contributed by atoms with Crippen molar-refractivity contribution in [3.05, 3.63) is 23.2 Å². The topological polar surface area (TPSA) is 15.3 Å². The Morgan fingerprint density at radius 1 is 1.17 bits per heavy atom. The van der Waals surface area contributed by atoms with Gasteiger partial charge in [0.05, 0.1) is 10.7 Å². The van der Waals surface area contributed by atoms with Crippen molar-refractivity contribution < 1.29 is 0 Å². The third-order valence-corrected chi connectivity index (χ3v) is 3.32. The summed E-state index contributed by atoms with van der Waals surface area (Å²) in [5.41, 5.74) is 2.15. The van der Waals surface area contributed by atoms with E-state index in [2.05, 4.69) is 38.2 Å². The minimum absolute atomic E-state index is 0.480. The van der Waals surface area contributed by atoms with Crippen molar-refractivity contribution in [2.24, 2.45) is 5.92 Å². The molecule has 1 rings (SSSR count). The Morgan fingerprint density at radius 2 is 1.83 bits per heavy atom. The molecule has 0 fully saturated rings. The van der Waals surface area contributed by atoms with Crippen LogP contribution in [0, 0.1) is 5.92 Å². The third kappa shape index (κ3) is 4.77. The van der Waals surface area contributed by atoms with Gasteiger partial charge in [-0.3, -0.25) is 0 Å². The predicted octanol–water partition coefficient (Wildman–Crippen LogP) is 4.64. The van der Waals surface area contributed by atoms with Gasteiger partial charge in [0.2, 0.25) is 0 Å². The van der Waals surface area contributed by atoms with Gasteiger partial charge in [0.15, 0.2) is 0 Å². The summed E-state index contributed by atoms with van der Waals surface area (Å²) in [7, 11) is 4.00. The van der Waals surface area contributed by atoms with Crippen molar-refractivity contribution in [3.8, 4) is 0 Å². The fourth-order valence-corrected chi connectivity index (χ4v) is 2.25. The third-order valence-electron chi connectivity index (χ3n) is 3.02. The quantitative estimate of drug-likeness (QED) is 0.808. The molecule has 0 aromatic heterocycles. The van der Waals surface area contributed by atoms with Crippen LogP contribution in [0.15, 0.2) is 18.2 Å². The predicted molar refractivity (Wildman–Crippen MR) is 82.9 cm³/mol. The Bertz CT molecular complexity index is 375. The zero-order valence-corrected chi connectivity index (χ0v) is 12.9. The maximum Gasteiger partial charge on any atom is 0.0659 e. The van der Waals surface area contributed by atoms with Crippen LogP contribution in [0.2, 0.25) is 5.02 Å². The number of hydrogen-bond acceptors (Lipinski definition) is 2. The SMILES string of the molecule is CC(C)CCC(C)Nc1ccc(N(C)C)c(Cl)c1. The summed E-state index contributed by atoms with van der Waals surface area (Å²) in [6.07, 6.45) is 2.43. The first-order chi connectivity index (χ1) is 8.40. The summed E-state index contributed by atoms with van der Waals surface area (Å²) in [4.78, 5) is 2.02. The fourth-order valence-electron chi connectivity index (χ4n) is 1.90. The molecule has 0 saturated heterocycles. The highest BCUT2D eigenvalue weighted by atomic mass is 35.5. The molecular formula is C15H25ClN2. The van der Waals surface area contributed by atoms with Gasteiger partial charge in [-0.15, -0.1) is 0 Å². The zero-order valence-electron chi connectivity index (χ0n) is 12.1. The summed E-state index contributed by atoms with van der Waals surface area (Å²) in [6.45, 7) is 6.74. The van der Waals surface area contributed by atoms with E-state index in [-0.39, 0.29) is 0 Å². The van der Waals surface area contributed by atoms with Crippen molar-refractivity contribution >= 4 is 23.0 Å². The highest BCUT2D eigenvalue weighted by Gasteiger charge is 2.07. The van der Waals surface area contributed by atoms with Crippen molar-refractivity contribution in [2.45, 2.75) is 39.7 Å². The van der Waals surface area contributed by atoms with E-state index in [1.165, 1.54) is 12.8 Å². The minimum atomic E-state index is 0.480. The molecule has 0 heterocycles. The molecule has 0 spiro atoms. The van der Waals surface area contributed by atoms with E-state index < -0.39 is 0 Å². The second-order valence-corrected chi connectivity index (χ2v) is 5.98. The molecule has 1 aromatic rings. The molecule has 0 radical (unpaired) electrons. The Kier molecular flexibility index (Phi) is 5.80. The summed E-state index contributed by atoms with van der Waals surface area (Å²) in [5, 5.41) is 4.29. The van der Waals surface area contributed by atoms with E-state index in [9.17, 15) is 0 Å². The van der Waals surface area contributed by atoms with Crippen molar-refractivity contribution in [1.29, 1.82) is 0 Å². The van der Waals surface area contributed by atoms with Gasteiger partial charge in [-0.25, -0.2) is 0 Å². The smallest absolute Gasteiger partial charge is 0.0659 e. The Morgan fingerprint density at radius 3 is 2.33 bits per heavy atom. The van der Waals surface area contributed by atoms with E-state index in [1.54, 1.807) is 0 Å². The number of halogens is 1. The molecule has 0 aliphatic rings. The first-order valence-electron chi connectivity index (χ1n) is 6.63. The Labute approximate surface area is 116 Å². The van der Waals surface area contributed by atoms with E-state index in [1.807, 2.05) is 25.1 Å². The molecule has 102 valence electrons. The monoisotopic (exact) mass is 268 g/mol. The number of benzene rings is 1. The lowest BCUT2D eigenvalue weighted by Gasteiger charge is -2.19. The van der Waals surface area contributed by atoms with Gasteiger partial charge in [-0.05, 0) is 43.9 Å². The summed E-state index contributed by atoms with van der Waals surface area (Å²) in [6, 6.07) is 6.63. The van der Waals surface area contributed by atoms with Crippen LogP contribution >= 0.6 is 11.6 Å². The van der Waals surface area contributed by atoms with Crippen LogP contribution < -0.4 is 10.2 Å². The molecule has 0 aliphatic heterocycles. The van der Waals surface area contributed by atoms with Crippen LogP contribution in [0.1, 0.15) is 33.6 Å². The highest BCUT2D eigenvalue weighted by molar-refractivity contribution is 6.33. The number of nitrogens with zero attached hydrogens (tertiary/aromatic N) is 1. The van der Waals surface area contributed by atoms with Crippen molar-refractivity contribution in [2.75, 3.05) is 24.3 Å². The molecule has 1 unspecified atom stereocenters. The molecule has 1 aromatic carbocycles. The van der Waals surface area contributed by atoms with E-state index >= 15 is 0 Å². The zero-order chi connectivity index (χ0) is 13.7. The maximum atomic E-state index is 6.25. The van der Waals surface area contributed by atoms with Gasteiger partial charge >= 0.3 is 0 Å². The molecule has 0 amide bonds. The molecule has 2 nitrogen and oxygen atoms in total. The van der Waals surface area contributed by atoms with Gasteiger partial charge in [-0.2, -0.15) is 0 Å². The molecule has 1 atom stereocenters. The van der Waals surface area contributed by atoms with E-state index in [0.29, 0.717) is 6.04 Å². The van der Waals surface area contributed by atoms with Crippen molar-refractivity contribution in [1.82, 2.24) is 0 Å². The molecule has 0 saturated carbocycles. The van der Waals surface area contributed by atoms with Gasteiger partial charge in [0.1, 0.15) is 0 Å². The van der Waals surface area contributed by atoms with Gasteiger partial charge < -0.3 is 10.2 Å². The highest BCUT2D eigenvalue weighted by Crippen LogP contribution is 2.27. The van der Waals surface area contributed by atoms with Crippen LogP contribution in [-0.4, -0.2) is 20.1 Å².